The smallest absolute Gasteiger partial charge is 0.192 e. The molecule has 0 heterocycles. The first-order valence-corrected chi connectivity index (χ1v) is 16.8. The number of fused-ring (bicyclic) bond motifs is 5. The van der Waals surface area contributed by atoms with Crippen LogP contribution in [0.5, 0.6) is 0 Å². The molecule has 0 aromatic heterocycles. The Bertz CT molecular complexity index is 818. The lowest BCUT2D eigenvalue weighted by atomic mass is 9.45. The Kier molecular flexibility index (Phi) is 6.75. The Balaban J connectivity index is 1.61. The molecule has 4 aliphatic carbocycles. The van der Waals surface area contributed by atoms with Crippen molar-refractivity contribution in [2.45, 2.75) is 124 Å². The molecule has 7 atom stereocenters. The highest BCUT2D eigenvalue weighted by Crippen LogP contribution is 2.67. The van der Waals surface area contributed by atoms with Crippen LogP contribution in [0.3, 0.4) is 0 Å². The van der Waals surface area contributed by atoms with Crippen molar-refractivity contribution in [1.29, 1.82) is 0 Å². The van der Waals surface area contributed by atoms with Gasteiger partial charge in [-0.15, -0.1) is 0 Å². The minimum Gasteiger partial charge on any atom is -0.413 e. The molecule has 3 heteroatoms. The largest absolute Gasteiger partial charge is 0.413 e. The van der Waals surface area contributed by atoms with E-state index in [-0.39, 0.29) is 10.5 Å². The van der Waals surface area contributed by atoms with Gasteiger partial charge in [0.25, 0.3) is 0 Å². The Hall–Kier alpha value is -0.673. The zero-order valence-corrected chi connectivity index (χ0v) is 23.8. The van der Waals surface area contributed by atoms with Crippen LogP contribution in [0.1, 0.15) is 99.3 Å². The Morgan fingerprint density at radius 2 is 1.85 bits per heavy atom. The highest BCUT2D eigenvalue weighted by molar-refractivity contribution is 6.74. The molecule has 0 spiro atoms. The number of unbranched alkanes of at least 4 members (excludes halogenated alkanes) is 1. The second-order valence-electron chi connectivity index (χ2n) is 13.9. The number of ketones is 1. The standard InChI is InChI=1S/C30H50O2Si/c1-9-10-11-12-21-19-23(31)20-22-13-14-24-25-15-16-27(32-33(7,8)28(2,3)4)29(25,5)18-17-26(24)30(21,22)6/h11-12,20-21,24-27H,9-10,13-19H2,1-8H3/t21?,24-,25-,26+,27?,29-,30-/m0/s1. The molecule has 2 nitrogen and oxygen atoms in total. The normalized spacial score (nSPS) is 41.5. The summed E-state index contributed by atoms with van der Waals surface area (Å²) in [6.45, 7) is 19.3. The molecule has 0 aromatic carbocycles. The minimum absolute atomic E-state index is 0.167. The van der Waals surface area contributed by atoms with Gasteiger partial charge in [0.05, 0.1) is 6.10 Å². The van der Waals surface area contributed by atoms with Crippen molar-refractivity contribution in [3.8, 4) is 0 Å². The van der Waals surface area contributed by atoms with Crippen LogP contribution in [-0.2, 0) is 9.22 Å². The van der Waals surface area contributed by atoms with E-state index in [0.29, 0.717) is 35.6 Å². The SMILES string of the molecule is CCCC=CC1CC(=O)C=C2CC[C@@H]3[C@@H](CC[C@]4(C)C(O[Si](C)(C)C(C)(C)C)CC[C@@H]34)[C@]21C. The van der Waals surface area contributed by atoms with Crippen molar-refractivity contribution in [2.75, 3.05) is 0 Å². The molecule has 0 radical (unpaired) electrons. The predicted octanol–water partition coefficient (Wildman–Crippen LogP) is 8.49. The topological polar surface area (TPSA) is 26.3 Å². The molecular weight excluding hydrogens is 420 g/mol. The molecule has 33 heavy (non-hydrogen) atoms. The Morgan fingerprint density at radius 3 is 2.52 bits per heavy atom. The third-order valence-corrected chi connectivity index (χ3v) is 15.6. The summed E-state index contributed by atoms with van der Waals surface area (Å²) in [7, 11) is -1.77. The van der Waals surface area contributed by atoms with E-state index in [1.165, 1.54) is 44.1 Å². The van der Waals surface area contributed by atoms with E-state index in [2.05, 4.69) is 72.9 Å². The van der Waals surface area contributed by atoms with E-state index in [1.807, 2.05) is 0 Å². The minimum atomic E-state index is -1.77. The maximum Gasteiger partial charge on any atom is 0.192 e. The molecule has 2 unspecified atom stereocenters. The van der Waals surface area contributed by atoms with E-state index in [0.717, 1.165) is 24.7 Å². The van der Waals surface area contributed by atoms with Crippen molar-refractivity contribution in [3.05, 3.63) is 23.8 Å². The maximum absolute atomic E-state index is 12.6. The summed E-state index contributed by atoms with van der Waals surface area (Å²) < 4.78 is 7.12. The molecule has 0 bridgehead atoms. The molecule has 0 aromatic rings. The number of carbonyl (C=O) groups is 1. The van der Waals surface area contributed by atoms with Crippen LogP contribution < -0.4 is 0 Å². The van der Waals surface area contributed by atoms with Gasteiger partial charge in [0, 0.05) is 6.42 Å². The van der Waals surface area contributed by atoms with Crippen molar-refractivity contribution >= 4 is 14.1 Å². The third-order valence-electron chi connectivity index (χ3n) is 11.2. The Morgan fingerprint density at radius 1 is 1.12 bits per heavy atom. The van der Waals surface area contributed by atoms with Crippen molar-refractivity contribution in [3.63, 3.8) is 0 Å². The van der Waals surface area contributed by atoms with E-state index in [4.69, 9.17) is 4.43 Å². The van der Waals surface area contributed by atoms with Crippen LogP contribution in [-0.4, -0.2) is 20.2 Å². The summed E-state index contributed by atoms with van der Waals surface area (Å²) in [4.78, 5) is 12.6. The summed E-state index contributed by atoms with van der Waals surface area (Å²) in [5, 5.41) is 0.267. The fourth-order valence-electron chi connectivity index (χ4n) is 8.06. The first kappa shape index (κ1) is 25.4. The van der Waals surface area contributed by atoms with E-state index < -0.39 is 8.32 Å². The number of hydrogen-bond acceptors (Lipinski definition) is 2. The van der Waals surface area contributed by atoms with Gasteiger partial charge in [0.1, 0.15) is 0 Å². The first-order chi connectivity index (χ1) is 15.3. The average molecular weight is 471 g/mol. The van der Waals surface area contributed by atoms with Gasteiger partial charge >= 0.3 is 0 Å². The summed E-state index contributed by atoms with van der Waals surface area (Å²) >= 11 is 0. The van der Waals surface area contributed by atoms with Crippen LogP contribution in [0.15, 0.2) is 23.8 Å². The van der Waals surface area contributed by atoms with Crippen molar-refractivity contribution in [2.24, 2.45) is 34.5 Å². The molecule has 4 aliphatic rings. The molecule has 3 fully saturated rings. The van der Waals surface area contributed by atoms with Crippen molar-refractivity contribution in [1.82, 2.24) is 0 Å². The van der Waals surface area contributed by atoms with Gasteiger partial charge in [0.2, 0.25) is 0 Å². The number of rotatable bonds is 5. The molecule has 4 rings (SSSR count). The van der Waals surface area contributed by atoms with Gasteiger partial charge in [0.15, 0.2) is 14.1 Å². The van der Waals surface area contributed by atoms with Crippen LogP contribution in [0.4, 0.5) is 0 Å². The zero-order chi connectivity index (χ0) is 24.2. The summed E-state index contributed by atoms with van der Waals surface area (Å²) in [6, 6.07) is 0. The zero-order valence-electron chi connectivity index (χ0n) is 22.8. The lowest BCUT2D eigenvalue weighted by Crippen LogP contribution is -2.55. The monoisotopic (exact) mass is 470 g/mol. The Labute approximate surface area is 205 Å². The molecule has 0 N–H and O–H groups in total. The summed E-state index contributed by atoms with van der Waals surface area (Å²) in [6.07, 6.45) is 17.9. The lowest BCUT2D eigenvalue weighted by Gasteiger charge is -2.60. The average Bonchev–Trinajstić information content (AvgIpc) is 3.04. The molecule has 3 saturated carbocycles. The van der Waals surface area contributed by atoms with E-state index >= 15 is 0 Å². The van der Waals surface area contributed by atoms with Crippen LogP contribution >= 0.6 is 0 Å². The van der Waals surface area contributed by atoms with Crippen molar-refractivity contribution < 1.29 is 9.22 Å². The fraction of sp³-hybridized carbons (Fsp3) is 0.833. The fourth-order valence-corrected chi connectivity index (χ4v) is 9.51. The van der Waals surface area contributed by atoms with Gasteiger partial charge in [-0.3, -0.25) is 4.79 Å². The molecule has 186 valence electrons. The van der Waals surface area contributed by atoms with Crippen LogP contribution in [0, 0.1) is 34.5 Å². The quantitative estimate of drug-likeness (QED) is 0.297. The van der Waals surface area contributed by atoms with Gasteiger partial charge in [-0.05, 0) is 104 Å². The second-order valence-corrected chi connectivity index (χ2v) is 18.6. The number of allylic oxidation sites excluding steroid dienone is 3. The van der Waals surface area contributed by atoms with Crippen LogP contribution in [0.2, 0.25) is 18.1 Å². The molecule has 0 saturated heterocycles. The van der Waals surface area contributed by atoms with Gasteiger partial charge in [-0.25, -0.2) is 0 Å². The summed E-state index contributed by atoms with van der Waals surface area (Å²) in [5.74, 6) is 3.02. The highest BCUT2D eigenvalue weighted by Gasteiger charge is 2.61. The third kappa shape index (κ3) is 4.18. The second kappa shape index (κ2) is 8.77. The molecular formula is C30H50O2Si. The molecule has 0 amide bonds. The number of hydrogen-bond donors (Lipinski definition) is 0. The lowest BCUT2D eigenvalue weighted by molar-refractivity contribution is -0.120. The molecule has 0 aliphatic heterocycles. The highest BCUT2D eigenvalue weighted by atomic mass is 28.4. The predicted molar refractivity (Wildman–Crippen MR) is 142 cm³/mol. The van der Waals surface area contributed by atoms with Gasteiger partial charge in [-0.2, -0.15) is 0 Å². The van der Waals surface area contributed by atoms with Gasteiger partial charge in [-0.1, -0.05) is 65.7 Å². The summed E-state index contributed by atoms with van der Waals surface area (Å²) in [5.41, 5.74) is 1.97. The van der Waals surface area contributed by atoms with E-state index in [1.54, 1.807) is 0 Å². The van der Waals surface area contributed by atoms with Crippen LogP contribution in [0.25, 0.3) is 0 Å². The maximum atomic E-state index is 12.6. The van der Waals surface area contributed by atoms with E-state index in [9.17, 15) is 4.79 Å². The first-order valence-electron chi connectivity index (χ1n) is 13.9. The number of carbonyl (C=O) groups excluding carboxylic acids is 1. The van der Waals surface area contributed by atoms with Gasteiger partial charge < -0.3 is 4.43 Å².